The smallest absolute Gasteiger partial charge is 0.251 e. The van der Waals surface area contributed by atoms with E-state index in [1.54, 1.807) is 6.20 Å². The Kier molecular flexibility index (Phi) is 1.46. The summed E-state index contributed by atoms with van der Waals surface area (Å²) in [5, 5.41) is 0.886. The zero-order chi connectivity index (χ0) is 8.55. The van der Waals surface area contributed by atoms with E-state index in [4.69, 9.17) is 0 Å². The van der Waals surface area contributed by atoms with Crippen LogP contribution in [0.1, 0.15) is 13.3 Å². The first-order valence-electron chi connectivity index (χ1n) is 3.65. The molecule has 2 rings (SSSR count). The quantitative estimate of drug-likeness (QED) is 0.500. The first-order valence-corrected chi connectivity index (χ1v) is 3.65. The molecule has 0 spiro atoms. The molecular weight excluding hydrogens is 154 g/mol. The second-order valence-electron chi connectivity index (χ2n) is 2.72. The number of hydrogen-bond acceptors (Lipinski definition) is 3. The first kappa shape index (κ1) is 7.09. The summed E-state index contributed by atoms with van der Waals surface area (Å²) in [6.07, 6.45) is 3.47. The molecule has 0 aromatic carbocycles. The summed E-state index contributed by atoms with van der Waals surface area (Å²) in [4.78, 5) is 22.5. The van der Waals surface area contributed by atoms with E-state index in [-0.39, 0.29) is 5.91 Å². The number of fused-ring (bicyclic) bond motifs is 1. The lowest BCUT2D eigenvalue weighted by Crippen LogP contribution is -2.35. The van der Waals surface area contributed by atoms with Gasteiger partial charge >= 0.3 is 0 Å². The molecule has 4 nitrogen and oxygen atoms in total. The maximum absolute atomic E-state index is 11.0. The molecule has 1 amide bonds. The van der Waals surface area contributed by atoms with Crippen molar-refractivity contribution in [3.8, 4) is 0 Å². The number of rotatable bonds is 0. The van der Waals surface area contributed by atoms with Crippen molar-refractivity contribution in [1.29, 1.82) is 0 Å². The number of carbonyl (C=O) groups is 1. The molecule has 0 saturated carbocycles. The highest BCUT2D eigenvalue weighted by molar-refractivity contribution is 5.85. The summed E-state index contributed by atoms with van der Waals surface area (Å²) < 4.78 is 0. The van der Waals surface area contributed by atoms with Crippen molar-refractivity contribution in [3.05, 3.63) is 23.2 Å². The lowest BCUT2D eigenvalue weighted by Gasteiger charge is -2.01. The van der Waals surface area contributed by atoms with Gasteiger partial charge in [-0.1, -0.05) is 5.57 Å². The van der Waals surface area contributed by atoms with Crippen molar-refractivity contribution in [3.63, 3.8) is 0 Å². The molecule has 1 aromatic rings. The van der Waals surface area contributed by atoms with Gasteiger partial charge in [0, 0.05) is 11.4 Å². The van der Waals surface area contributed by atoms with E-state index >= 15 is 0 Å². The lowest BCUT2D eigenvalue weighted by atomic mass is 10.1. The highest BCUT2D eigenvalue weighted by Crippen LogP contribution is 2.00. The minimum atomic E-state index is -0.126. The van der Waals surface area contributed by atoms with Gasteiger partial charge in [0.2, 0.25) is 0 Å². The van der Waals surface area contributed by atoms with E-state index in [0.717, 1.165) is 10.8 Å². The summed E-state index contributed by atoms with van der Waals surface area (Å²) >= 11 is 0. The standard InChI is InChI=1S/C8H7N3O/c1-5-2-7(12)11-8-6(5)3-9-4-10-8/h3-4H,2H2,1H3. The molecule has 1 aliphatic rings. The third kappa shape index (κ3) is 1.01. The van der Waals surface area contributed by atoms with E-state index in [1.165, 1.54) is 6.33 Å². The Morgan fingerprint density at radius 2 is 2.33 bits per heavy atom. The molecule has 0 fully saturated rings. The Balaban J connectivity index is 2.90. The molecule has 0 aliphatic carbocycles. The summed E-state index contributed by atoms with van der Waals surface area (Å²) in [5.74, 6) is -0.126. The van der Waals surface area contributed by atoms with Crippen LogP contribution in [0.15, 0.2) is 17.5 Å². The molecule has 0 radical (unpaired) electrons. The molecule has 0 N–H and O–H groups in total. The van der Waals surface area contributed by atoms with Crippen LogP contribution in [-0.4, -0.2) is 15.9 Å². The van der Waals surface area contributed by atoms with Gasteiger partial charge in [-0.3, -0.25) is 4.79 Å². The molecule has 0 atom stereocenters. The van der Waals surface area contributed by atoms with Crippen LogP contribution in [-0.2, 0) is 4.79 Å². The highest BCUT2D eigenvalue weighted by atomic mass is 16.1. The van der Waals surface area contributed by atoms with Gasteiger partial charge in [0.25, 0.3) is 5.91 Å². The fourth-order valence-electron chi connectivity index (χ4n) is 1.19. The van der Waals surface area contributed by atoms with Gasteiger partial charge in [0.1, 0.15) is 6.33 Å². The van der Waals surface area contributed by atoms with E-state index in [1.807, 2.05) is 6.92 Å². The van der Waals surface area contributed by atoms with Gasteiger partial charge in [0.15, 0.2) is 5.49 Å². The number of amides is 1. The van der Waals surface area contributed by atoms with Crippen molar-refractivity contribution < 1.29 is 4.79 Å². The molecular formula is C8H7N3O. The number of hydrogen-bond donors (Lipinski definition) is 0. The average molecular weight is 161 g/mol. The summed E-state index contributed by atoms with van der Waals surface area (Å²) in [7, 11) is 0. The second-order valence-corrected chi connectivity index (χ2v) is 2.72. The molecule has 60 valence electrons. The van der Waals surface area contributed by atoms with Gasteiger partial charge in [-0.2, -0.15) is 4.99 Å². The number of nitrogens with zero attached hydrogens (tertiary/aromatic N) is 3. The fourth-order valence-corrected chi connectivity index (χ4v) is 1.19. The highest BCUT2D eigenvalue weighted by Gasteiger charge is 2.08. The number of carbonyl (C=O) groups excluding carboxylic acids is 1. The molecule has 4 heteroatoms. The minimum Gasteiger partial charge on any atom is -0.272 e. The molecule has 0 bridgehead atoms. The molecule has 12 heavy (non-hydrogen) atoms. The molecule has 2 heterocycles. The third-order valence-electron chi connectivity index (χ3n) is 1.80. The number of aromatic nitrogens is 2. The Morgan fingerprint density at radius 3 is 3.17 bits per heavy atom. The van der Waals surface area contributed by atoms with Crippen molar-refractivity contribution in [2.24, 2.45) is 4.99 Å². The Morgan fingerprint density at radius 1 is 1.50 bits per heavy atom. The maximum Gasteiger partial charge on any atom is 0.251 e. The van der Waals surface area contributed by atoms with Crippen LogP contribution < -0.4 is 10.7 Å². The van der Waals surface area contributed by atoms with Crippen molar-refractivity contribution in [2.45, 2.75) is 13.3 Å². The van der Waals surface area contributed by atoms with Crippen LogP contribution in [0, 0.1) is 0 Å². The lowest BCUT2D eigenvalue weighted by molar-refractivity contribution is -0.117. The van der Waals surface area contributed by atoms with E-state index < -0.39 is 0 Å². The molecule has 1 aromatic heterocycles. The monoisotopic (exact) mass is 161 g/mol. The average Bonchev–Trinajstić information content (AvgIpc) is 2.04. The van der Waals surface area contributed by atoms with Crippen molar-refractivity contribution >= 4 is 11.5 Å². The van der Waals surface area contributed by atoms with Gasteiger partial charge < -0.3 is 0 Å². The Bertz CT molecular complexity index is 450. The van der Waals surface area contributed by atoms with Gasteiger partial charge in [-0.15, -0.1) is 0 Å². The molecule has 0 unspecified atom stereocenters. The van der Waals surface area contributed by atoms with Gasteiger partial charge in [-0.25, -0.2) is 9.97 Å². The van der Waals surface area contributed by atoms with Gasteiger partial charge in [-0.05, 0) is 6.92 Å². The Hall–Kier alpha value is -1.58. The topological polar surface area (TPSA) is 55.2 Å². The zero-order valence-corrected chi connectivity index (χ0v) is 6.61. The predicted molar refractivity (Wildman–Crippen MR) is 41.5 cm³/mol. The molecule has 1 aliphatic heterocycles. The van der Waals surface area contributed by atoms with Crippen LogP contribution in [0.3, 0.4) is 0 Å². The van der Waals surface area contributed by atoms with Gasteiger partial charge in [0.05, 0.1) is 6.42 Å². The van der Waals surface area contributed by atoms with Crippen LogP contribution >= 0.6 is 0 Å². The SMILES string of the molecule is CC1=c2cncnc2=NC(=O)C1. The van der Waals surface area contributed by atoms with Crippen LogP contribution in [0.4, 0.5) is 0 Å². The molecule has 0 saturated heterocycles. The summed E-state index contributed by atoms with van der Waals surface area (Å²) in [5.41, 5.74) is 1.49. The Labute approximate surface area is 68.7 Å². The van der Waals surface area contributed by atoms with Crippen LogP contribution in [0.5, 0.6) is 0 Å². The van der Waals surface area contributed by atoms with Crippen molar-refractivity contribution in [2.75, 3.05) is 0 Å². The largest absolute Gasteiger partial charge is 0.272 e. The van der Waals surface area contributed by atoms with Crippen LogP contribution in [0.2, 0.25) is 0 Å². The zero-order valence-electron chi connectivity index (χ0n) is 6.61. The summed E-state index contributed by atoms with van der Waals surface area (Å²) in [6, 6.07) is 0. The first-order chi connectivity index (χ1) is 5.77. The third-order valence-corrected chi connectivity index (χ3v) is 1.80. The second kappa shape index (κ2) is 2.48. The van der Waals surface area contributed by atoms with Crippen LogP contribution in [0.25, 0.3) is 5.57 Å². The van der Waals surface area contributed by atoms with E-state index in [2.05, 4.69) is 15.0 Å². The van der Waals surface area contributed by atoms with E-state index in [9.17, 15) is 4.79 Å². The summed E-state index contributed by atoms with van der Waals surface area (Å²) in [6.45, 7) is 1.90. The van der Waals surface area contributed by atoms with Crippen molar-refractivity contribution in [1.82, 2.24) is 9.97 Å². The fraction of sp³-hybridized carbons (Fsp3) is 0.250. The van der Waals surface area contributed by atoms with E-state index in [0.29, 0.717) is 11.9 Å². The predicted octanol–water partition coefficient (Wildman–Crippen LogP) is -0.803. The normalized spacial score (nSPS) is 15.4. The minimum absolute atomic E-state index is 0.126. The maximum atomic E-state index is 11.0.